The summed E-state index contributed by atoms with van der Waals surface area (Å²) in [4.78, 5) is 31.8. The van der Waals surface area contributed by atoms with E-state index in [0.717, 1.165) is 0 Å². The Labute approximate surface area is 176 Å². The largest absolute Gasteiger partial charge is 0.393 e. The number of anilines is 4. The molecular formula is C19H16Cl2N6O2. The zero-order valence-electron chi connectivity index (χ0n) is 15.2. The van der Waals surface area contributed by atoms with Gasteiger partial charge in [-0.15, -0.1) is 0 Å². The van der Waals surface area contributed by atoms with Crippen LogP contribution in [0.15, 0.2) is 48.8 Å². The van der Waals surface area contributed by atoms with E-state index in [1.807, 2.05) is 0 Å². The van der Waals surface area contributed by atoms with E-state index in [-0.39, 0.29) is 27.9 Å². The zero-order valence-corrected chi connectivity index (χ0v) is 16.7. The van der Waals surface area contributed by atoms with Crippen LogP contribution < -0.4 is 21.9 Å². The highest BCUT2D eigenvalue weighted by molar-refractivity contribution is 6.36. The van der Waals surface area contributed by atoms with Crippen molar-refractivity contribution in [3.8, 4) is 0 Å². The van der Waals surface area contributed by atoms with Gasteiger partial charge in [-0.1, -0.05) is 23.2 Å². The molecule has 0 spiro atoms. The molecule has 0 radical (unpaired) electrons. The summed E-state index contributed by atoms with van der Waals surface area (Å²) in [6, 6.07) is 11.4. The van der Waals surface area contributed by atoms with E-state index in [4.69, 9.17) is 28.9 Å². The number of hydrazine groups is 1. The van der Waals surface area contributed by atoms with Crippen molar-refractivity contribution in [2.24, 2.45) is 0 Å². The maximum Gasteiger partial charge on any atom is 0.271 e. The van der Waals surface area contributed by atoms with Crippen LogP contribution in [0.2, 0.25) is 10.0 Å². The van der Waals surface area contributed by atoms with Gasteiger partial charge in [-0.05, 0) is 49.4 Å². The van der Waals surface area contributed by atoms with Gasteiger partial charge in [-0.25, -0.2) is 9.97 Å². The van der Waals surface area contributed by atoms with Crippen LogP contribution in [0.4, 0.5) is 23.0 Å². The minimum atomic E-state index is -0.487. The van der Waals surface area contributed by atoms with Gasteiger partial charge in [0, 0.05) is 16.3 Å². The average Bonchev–Trinajstić information content (AvgIpc) is 2.69. The molecule has 0 aliphatic carbocycles. The molecule has 29 heavy (non-hydrogen) atoms. The molecule has 3 aromatic rings. The number of hydrogen-bond donors (Lipinski definition) is 4. The van der Waals surface area contributed by atoms with Crippen molar-refractivity contribution in [2.75, 3.05) is 16.5 Å². The van der Waals surface area contributed by atoms with Crippen LogP contribution in [-0.4, -0.2) is 21.7 Å². The van der Waals surface area contributed by atoms with E-state index >= 15 is 0 Å². The van der Waals surface area contributed by atoms with Crippen molar-refractivity contribution in [1.82, 2.24) is 15.4 Å². The Kier molecular flexibility index (Phi) is 6.16. The van der Waals surface area contributed by atoms with Gasteiger partial charge in [0.15, 0.2) is 17.4 Å². The fraction of sp³-hybridized carbons (Fsp3) is 0.0526. The molecule has 3 rings (SSSR count). The molecule has 0 bridgehead atoms. The maximum absolute atomic E-state index is 12.3. The van der Waals surface area contributed by atoms with E-state index in [2.05, 4.69) is 26.1 Å². The number of nitrogens with one attached hydrogen (secondary N) is 3. The number of benzene rings is 2. The molecule has 0 unspecified atom stereocenters. The Morgan fingerprint density at radius 3 is 2.34 bits per heavy atom. The lowest BCUT2D eigenvalue weighted by molar-refractivity contribution is 0.0961. The van der Waals surface area contributed by atoms with Gasteiger partial charge in [0.2, 0.25) is 0 Å². The number of nitrogens with two attached hydrogens (primary N) is 1. The fourth-order valence-corrected chi connectivity index (χ4v) is 2.87. The summed E-state index contributed by atoms with van der Waals surface area (Å²) >= 11 is 11.9. The topological polar surface area (TPSA) is 122 Å². The molecule has 148 valence electrons. The number of aromatic nitrogens is 2. The predicted molar refractivity (Wildman–Crippen MR) is 114 cm³/mol. The number of carbonyl (C=O) groups is 2. The first-order valence-corrected chi connectivity index (χ1v) is 9.10. The Bertz CT molecular complexity index is 1070. The predicted octanol–water partition coefficient (Wildman–Crippen LogP) is 4.07. The van der Waals surface area contributed by atoms with Crippen LogP contribution >= 0.6 is 23.2 Å². The maximum atomic E-state index is 12.3. The molecule has 0 saturated heterocycles. The van der Waals surface area contributed by atoms with Crippen LogP contribution in [-0.2, 0) is 0 Å². The normalized spacial score (nSPS) is 10.3. The summed E-state index contributed by atoms with van der Waals surface area (Å²) in [6.07, 6.45) is 1.28. The van der Waals surface area contributed by atoms with Crippen LogP contribution in [0, 0.1) is 0 Å². The van der Waals surface area contributed by atoms with Crippen LogP contribution in [0.5, 0.6) is 0 Å². The minimum absolute atomic E-state index is 0.0267. The molecule has 1 heterocycles. The Balaban J connectivity index is 1.71. The smallest absolute Gasteiger partial charge is 0.271 e. The van der Waals surface area contributed by atoms with Gasteiger partial charge in [0.05, 0.1) is 10.6 Å². The zero-order chi connectivity index (χ0) is 21.0. The van der Waals surface area contributed by atoms with E-state index < -0.39 is 5.91 Å². The lowest BCUT2D eigenvalue weighted by Crippen LogP contribution is -2.30. The highest BCUT2D eigenvalue weighted by Crippen LogP contribution is 2.26. The fourth-order valence-electron chi connectivity index (χ4n) is 2.38. The van der Waals surface area contributed by atoms with Crippen LogP contribution in [0.25, 0.3) is 0 Å². The molecule has 0 aliphatic heterocycles. The van der Waals surface area contributed by atoms with Crippen LogP contribution in [0.1, 0.15) is 27.6 Å². The van der Waals surface area contributed by atoms with Gasteiger partial charge in [0.1, 0.15) is 12.0 Å². The lowest BCUT2D eigenvalue weighted by atomic mass is 10.1. The second kappa shape index (κ2) is 8.76. The van der Waals surface area contributed by atoms with Crippen molar-refractivity contribution in [3.05, 3.63) is 70.0 Å². The molecule has 2 aromatic carbocycles. The summed E-state index contributed by atoms with van der Waals surface area (Å²) in [5.41, 5.74) is 12.9. The van der Waals surface area contributed by atoms with Crippen LogP contribution in [0.3, 0.4) is 0 Å². The molecule has 0 saturated carbocycles. The Hall–Kier alpha value is -3.36. The average molecular weight is 431 g/mol. The third-order valence-electron chi connectivity index (χ3n) is 3.91. The van der Waals surface area contributed by atoms with Gasteiger partial charge >= 0.3 is 0 Å². The number of hydrogen-bond acceptors (Lipinski definition) is 7. The molecule has 0 aliphatic rings. The summed E-state index contributed by atoms with van der Waals surface area (Å²) < 4.78 is 0. The number of carbonyl (C=O) groups excluding carboxylic acids is 2. The van der Waals surface area contributed by atoms with E-state index in [9.17, 15) is 9.59 Å². The molecule has 5 N–H and O–H groups in total. The number of rotatable bonds is 6. The summed E-state index contributed by atoms with van der Waals surface area (Å²) in [5, 5.41) is 3.67. The number of amides is 1. The van der Waals surface area contributed by atoms with Crippen molar-refractivity contribution in [1.29, 1.82) is 0 Å². The lowest BCUT2D eigenvalue weighted by Gasteiger charge is -2.13. The first-order chi connectivity index (χ1) is 13.8. The summed E-state index contributed by atoms with van der Waals surface area (Å²) in [6.45, 7) is 1.49. The van der Waals surface area contributed by atoms with Gasteiger partial charge in [-0.3, -0.25) is 20.4 Å². The third-order valence-corrected chi connectivity index (χ3v) is 4.46. The second-order valence-corrected chi connectivity index (χ2v) is 6.79. The van der Waals surface area contributed by atoms with E-state index in [1.54, 1.807) is 30.3 Å². The van der Waals surface area contributed by atoms with E-state index in [1.165, 1.54) is 25.4 Å². The number of halogens is 2. The monoisotopic (exact) mass is 430 g/mol. The number of ketones is 1. The SMILES string of the molecule is CC(=O)c1ccc(Nc2ncnc(NNC(=O)c3ccc(Cl)cc3Cl)c2N)cc1. The van der Waals surface area contributed by atoms with Gasteiger partial charge in [0.25, 0.3) is 5.91 Å². The molecular weight excluding hydrogens is 415 g/mol. The van der Waals surface area contributed by atoms with Gasteiger partial charge in [-0.2, -0.15) is 0 Å². The Morgan fingerprint density at radius 2 is 1.69 bits per heavy atom. The summed E-state index contributed by atoms with van der Waals surface area (Å²) in [7, 11) is 0. The van der Waals surface area contributed by atoms with Crippen molar-refractivity contribution in [3.63, 3.8) is 0 Å². The molecule has 10 heteroatoms. The van der Waals surface area contributed by atoms with Crippen molar-refractivity contribution < 1.29 is 9.59 Å². The molecule has 0 fully saturated rings. The number of nitrogen functional groups attached to an aromatic ring is 1. The highest BCUT2D eigenvalue weighted by atomic mass is 35.5. The third kappa shape index (κ3) is 4.92. The molecule has 1 aromatic heterocycles. The first-order valence-electron chi connectivity index (χ1n) is 8.35. The highest BCUT2D eigenvalue weighted by Gasteiger charge is 2.13. The molecule has 0 atom stereocenters. The van der Waals surface area contributed by atoms with E-state index in [0.29, 0.717) is 22.1 Å². The van der Waals surface area contributed by atoms with Crippen molar-refractivity contribution in [2.45, 2.75) is 6.92 Å². The van der Waals surface area contributed by atoms with Gasteiger partial charge < -0.3 is 11.1 Å². The van der Waals surface area contributed by atoms with Crippen molar-refractivity contribution >= 4 is 57.9 Å². The standard InChI is InChI=1S/C19H16Cl2N6O2/c1-10(28)11-2-5-13(6-3-11)25-17-16(22)18(24-9-23-17)26-27-19(29)14-7-4-12(20)8-15(14)21/h2-9H,22H2,1H3,(H,27,29)(H2,23,24,25,26). The molecule has 8 nitrogen and oxygen atoms in total. The quantitative estimate of drug-likeness (QED) is 0.343. The number of nitrogens with zero attached hydrogens (tertiary/aromatic N) is 2. The second-order valence-electron chi connectivity index (χ2n) is 5.95. The minimum Gasteiger partial charge on any atom is -0.393 e. The summed E-state index contributed by atoms with van der Waals surface area (Å²) in [5.74, 6) is 0.0123. The Morgan fingerprint density at radius 1 is 1.00 bits per heavy atom. The first kappa shape index (κ1) is 20.4. The number of Topliss-reactive ketones (excluding diaryl/α,β-unsaturated/α-hetero) is 1. The molecule has 1 amide bonds.